The molecule has 7 nitrogen and oxygen atoms in total. The summed E-state index contributed by atoms with van der Waals surface area (Å²) in [5.41, 5.74) is -1.01. The van der Waals surface area contributed by atoms with Gasteiger partial charge in [0.05, 0.1) is 0 Å². The van der Waals surface area contributed by atoms with E-state index in [1.54, 1.807) is 4.90 Å². The highest BCUT2D eigenvalue weighted by Gasteiger charge is 2.11. The maximum Gasteiger partial charge on any atom is 0.342 e. The lowest BCUT2D eigenvalue weighted by Gasteiger charge is -2.17. The van der Waals surface area contributed by atoms with E-state index in [9.17, 15) is 14.4 Å². The van der Waals surface area contributed by atoms with Crippen LogP contribution in [0.4, 0.5) is 0 Å². The quantitative estimate of drug-likeness (QED) is 0.708. The highest BCUT2D eigenvalue weighted by molar-refractivity contribution is 5.76. The van der Waals surface area contributed by atoms with Crippen LogP contribution in [0.2, 0.25) is 0 Å². The molecule has 0 saturated heterocycles. The van der Waals surface area contributed by atoms with Crippen molar-refractivity contribution in [2.24, 2.45) is 0 Å². The van der Waals surface area contributed by atoms with Crippen molar-refractivity contribution >= 4 is 5.91 Å². The smallest absolute Gasteiger partial charge is 0.342 e. The van der Waals surface area contributed by atoms with Crippen molar-refractivity contribution in [2.45, 2.75) is 26.7 Å². The summed E-state index contributed by atoms with van der Waals surface area (Å²) in [5.74, 6) is -0.0256. The number of hydrogen-bond donors (Lipinski definition) is 2. The van der Waals surface area contributed by atoms with Crippen LogP contribution in [0.3, 0.4) is 0 Å². The Bertz CT molecular complexity index is 487. The van der Waals surface area contributed by atoms with Gasteiger partial charge in [-0.1, -0.05) is 0 Å². The van der Waals surface area contributed by atoms with Crippen LogP contribution >= 0.6 is 0 Å². The Morgan fingerprint density at radius 2 is 1.94 bits per heavy atom. The number of H-pyrrole nitrogens is 2. The zero-order valence-corrected chi connectivity index (χ0v) is 9.95. The van der Waals surface area contributed by atoms with Gasteiger partial charge < -0.3 is 4.90 Å². The minimum absolute atomic E-state index is 0.0256. The maximum atomic E-state index is 11.7. The van der Waals surface area contributed by atoms with E-state index in [-0.39, 0.29) is 24.4 Å². The predicted molar refractivity (Wildman–Crippen MR) is 61.7 cm³/mol. The van der Waals surface area contributed by atoms with E-state index in [1.807, 2.05) is 13.8 Å². The standard InChI is InChI=1S/C10H16N4O3/c1-3-14(4-2)8(15)6-5-7-9(16)11-10(17)13-12-7/h3-6H2,1-2H3,(H2,11,13,16,17). The van der Waals surface area contributed by atoms with Crippen LogP contribution < -0.4 is 11.2 Å². The number of amides is 1. The van der Waals surface area contributed by atoms with Crippen molar-refractivity contribution in [3.63, 3.8) is 0 Å². The molecule has 0 aromatic carbocycles. The monoisotopic (exact) mass is 240 g/mol. The number of nitrogens with zero attached hydrogens (tertiary/aromatic N) is 2. The summed E-state index contributed by atoms with van der Waals surface area (Å²) < 4.78 is 0. The molecule has 0 bridgehead atoms. The van der Waals surface area contributed by atoms with Crippen molar-refractivity contribution in [1.29, 1.82) is 0 Å². The van der Waals surface area contributed by atoms with Crippen molar-refractivity contribution < 1.29 is 4.79 Å². The number of carbonyl (C=O) groups excluding carboxylic acids is 1. The van der Waals surface area contributed by atoms with Crippen molar-refractivity contribution in [1.82, 2.24) is 20.1 Å². The van der Waals surface area contributed by atoms with Crippen LogP contribution in [0.5, 0.6) is 0 Å². The van der Waals surface area contributed by atoms with Gasteiger partial charge >= 0.3 is 5.69 Å². The Balaban J connectivity index is 2.65. The predicted octanol–water partition coefficient (Wildman–Crippen LogP) is -0.741. The van der Waals surface area contributed by atoms with Crippen LogP contribution in [-0.4, -0.2) is 39.1 Å². The van der Waals surface area contributed by atoms with Gasteiger partial charge in [-0.2, -0.15) is 5.10 Å². The summed E-state index contributed by atoms with van der Waals surface area (Å²) in [4.78, 5) is 37.4. The molecule has 1 amide bonds. The minimum Gasteiger partial charge on any atom is -0.343 e. The third-order valence-corrected chi connectivity index (χ3v) is 2.47. The van der Waals surface area contributed by atoms with E-state index in [0.29, 0.717) is 13.1 Å². The lowest BCUT2D eigenvalue weighted by molar-refractivity contribution is -0.130. The molecule has 7 heteroatoms. The number of carbonyl (C=O) groups is 1. The Kier molecular flexibility index (Phi) is 4.62. The second-order valence-corrected chi connectivity index (χ2v) is 3.52. The fourth-order valence-corrected chi connectivity index (χ4v) is 1.50. The van der Waals surface area contributed by atoms with Gasteiger partial charge in [0, 0.05) is 25.9 Å². The first-order valence-electron chi connectivity index (χ1n) is 5.54. The fourth-order valence-electron chi connectivity index (χ4n) is 1.50. The summed E-state index contributed by atoms with van der Waals surface area (Å²) in [6.07, 6.45) is 0.436. The number of hydrogen-bond acceptors (Lipinski definition) is 4. The molecule has 0 spiro atoms. The molecule has 17 heavy (non-hydrogen) atoms. The van der Waals surface area contributed by atoms with Gasteiger partial charge in [0.25, 0.3) is 5.56 Å². The van der Waals surface area contributed by atoms with Crippen LogP contribution in [0.15, 0.2) is 9.59 Å². The number of aromatic amines is 2. The van der Waals surface area contributed by atoms with E-state index in [0.717, 1.165) is 0 Å². The first-order valence-corrected chi connectivity index (χ1v) is 5.54. The van der Waals surface area contributed by atoms with E-state index in [4.69, 9.17) is 0 Å². The summed E-state index contributed by atoms with van der Waals surface area (Å²) >= 11 is 0. The molecule has 0 radical (unpaired) electrons. The normalized spacial score (nSPS) is 10.2. The number of rotatable bonds is 5. The summed E-state index contributed by atoms with van der Waals surface area (Å²) in [6, 6.07) is 0. The van der Waals surface area contributed by atoms with Gasteiger partial charge in [-0.3, -0.25) is 14.6 Å². The fraction of sp³-hybridized carbons (Fsp3) is 0.600. The SMILES string of the molecule is CCN(CC)C(=O)CCc1n[nH]c(=O)[nH]c1=O. The molecular formula is C10H16N4O3. The van der Waals surface area contributed by atoms with Gasteiger partial charge in [0.2, 0.25) is 5.91 Å². The first kappa shape index (κ1) is 13.1. The summed E-state index contributed by atoms with van der Waals surface area (Å²) in [6.45, 7) is 5.08. The van der Waals surface area contributed by atoms with Crippen LogP contribution in [-0.2, 0) is 11.2 Å². The largest absolute Gasteiger partial charge is 0.343 e. The average molecular weight is 240 g/mol. The van der Waals surface area contributed by atoms with Crippen LogP contribution in [0, 0.1) is 0 Å². The number of aromatic nitrogens is 3. The number of nitrogens with one attached hydrogen (secondary N) is 2. The van der Waals surface area contributed by atoms with Gasteiger partial charge in [0.1, 0.15) is 5.69 Å². The first-order chi connectivity index (χ1) is 8.08. The van der Waals surface area contributed by atoms with Gasteiger partial charge in [-0.05, 0) is 13.8 Å². The van der Waals surface area contributed by atoms with E-state index in [2.05, 4.69) is 15.2 Å². The van der Waals surface area contributed by atoms with Crippen molar-refractivity contribution in [3.8, 4) is 0 Å². The minimum atomic E-state index is -0.645. The molecule has 2 N–H and O–H groups in total. The van der Waals surface area contributed by atoms with Crippen molar-refractivity contribution in [3.05, 3.63) is 26.5 Å². The molecule has 0 atom stereocenters. The molecule has 1 aromatic rings. The molecule has 1 heterocycles. The van der Waals surface area contributed by atoms with Crippen LogP contribution in [0.1, 0.15) is 26.0 Å². The topological polar surface area (TPSA) is 98.9 Å². The molecule has 94 valence electrons. The highest BCUT2D eigenvalue weighted by Crippen LogP contribution is 1.97. The highest BCUT2D eigenvalue weighted by atomic mass is 16.2. The van der Waals surface area contributed by atoms with Crippen LogP contribution in [0.25, 0.3) is 0 Å². The Labute approximate surface area is 97.9 Å². The second kappa shape index (κ2) is 5.97. The zero-order chi connectivity index (χ0) is 12.8. The second-order valence-electron chi connectivity index (χ2n) is 3.52. The van der Waals surface area contributed by atoms with Gasteiger partial charge in [-0.25, -0.2) is 9.89 Å². The maximum absolute atomic E-state index is 11.7. The molecule has 1 aromatic heterocycles. The molecule has 0 fully saturated rings. The van der Waals surface area contributed by atoms with Crippen molar-refractivity contribution in [2.75, 3.05) is 13.1 Å². The molecule has 0 saturated carbocycles. The summed E-state index contributed by atoms with van der Waals surface area (Å²) in [7, 11) is 0. The molecular weight excluding hydrogens is 224 g/mol. The summed E-state index contributed by atoms with van der Waals surface area (Å²) in [5, 5.41) is 5.74. The Morgan fingerprint density at radius 3 is 2.47 bits per heavy atom. The van der Waals surface area contributed by atoms with Gasteiger partial charge in [0.15, 0.2) is 0 Å². The third-order valence-electron chi connectivity index (χ3n) is 2.47. The lowest BCUT2D eigenvalue weighted by atomic mass is 10.2. The van der Waals surface area contributed by atoms with E-state index in [1.165, 1.54) is 0 Å². The molecule has 0 aliphatic heterocycles. The Morgan fingerprint density at radius 1 is 1.29 bits per heavy atom. The molecule has 0 aliphatic carbocycles. The zero-order valence-electron chi connectivity index (χ0n) is 9.95. The number of aryl methyl sites for hydroxylation is 1. The van der Waals surface area contributed by atoms with E-state index >= 15 is 0 Å². The molecule has 0 unspecified atom stereocenters. The lowest BCUT2D eigenvalue weighted by Crippen LogP contribution is -2.32. The Hall–Kier alpha value is -1.92. The van der Waals surface area contributed by atoms with E-state index < -0.39 is 11.2 Å². The third kappa shape index (κ3) is 3.54. The molecule has 0 aliphatic rings. The van der Waals surface area contributed by atoms with Gasteiger partial charge in [-0.15, -0.1) is 0 Å². The molecule has 1 rings (SSSR count). The average Bonchev–Trinajstić information content (AvgIpc) is 2.29.